The highest BCUT2D eigenvalue weighted by Crippen LogP contribution is 2.32. The Morgan fingerprint density at radius 2 is 1.70 bits per heavy atom. The van der Waals surface area contributed by atoms with Crippen molar-refractivity contribution in [1.82, 2.24) is 8.96 Å². The molecular formula is C20H22N2O4S. The van der Waals surface area contributed by atoms with Gasteiger partial charge in [-0.25, -0.2) is 17.4 Å². The van der Waals surface area contributed by atoms with Crippen LogP contribution in [0, 0.1) is 6.92 Å². The average Bonchev–Trinajstić information content (AvgIpc) is 3.07. The molecule has 0 aliphatic rings. The minimum atomic E-state index is -3.94. The van der Waals surface area contributed by atoms with Gasteiger partial charge in [0.2, 0.25) is 0 Å². The monoisotopic (exact) mass is 386 g/mol. The summed E-state index contributed by atoms with van der Waals surface area (Å²) in [4.78, 5) is 4.46. The number of hydrogen-bond donors (Lipinski definition) is 0. The van der Waals surface area contributed by atoms with Crippen LogP contribution in [0.5, 0.6) is 11.5 Å². The molecule has 0 saturated heterocycles. The van der Waals surface area contributed by atoms with Gasteiger partial charge in [0.25, 0.3) is 10.0 Å². The maximum atomic E-state index is 13.5. The van der Waals surface area contributed by atoms with E-state index >= 15 is 0 Å². The van der Waals surface area contributed by atoms with Crippen LogP contribution in [-0.2, 0) is 10.0 Å². The highest BCUT2D eigenvalue weighted by Gasteiger charge is 2.26. The molecule has 2 aromatic carbocycles. The highest BCUT2D eigenvalue weighted by molar-refractivity contribution is 7.90. The van der Waals surface area contributed by atoms with Crippen LogP contribution in [0.25, 0.3) is 11.4 Å². The number of hydrogen-bond acceptors (Lipinski definition) is 5. The Morgan fingerprint density at radius 1 is 1.00 bits per heavy atom. The Labute approximate surface area is 159 Å². The maximum Gasteiger partial charge on any atom is 0.273 e. The van der Waals surface area contributed by atoms with Crippen LogP contribution in [0.3, 0.4) is 0 Å². The van der Waals surface area contributed by atoms with Crippen molar-refractivity contribution in [1.29, 1.82) is 0 Å². The van der Waals surface area contributed by atoms with E-state index < -0.39 is 10.0 Å². The minimum absolute atomic E-state index is 0.0462. The van der Waals surface area contributed by atoms with Gasteiger partial charge in [0.15, 0.2) is 5.82 Å². The SMILES string of the molecule is CCOc1ccc(OCC)c(S(=O)(=O)n2cc(C)nc2-c2ccccc2)c1. The van der Waals surface area contributed by atoms with Crippen LogP contribution in [-0.4, -0.2) is 30.6 Å². The van der Waals surface area contributed by atoms with E-state index in [4.69, 9.17) is 9.47 Å². The van der Waals surface area contributed by atoms with Crippen molar-refractivity contribution < 1.29 is 17.9 Å². The summed E-state index contributed by atoms with van der Waals surface area (Å²) < 4.78 is 39.2. The fourth-order valence-corrected chi connectivity index (χ4v) is 4.29. The normalized spacial score (nSPS) is 11.4. The van der Waals surface area contributed by atoms with Crippen LogP contribution in [0.15, 0.2) is 59.6 Å². The van der Waals surface area contributed by atoms with E-state index in [1.165, 1.54) is 16.2 Å². The van der Waals surface area contributed by atoms with E-state index in [0.717, 1.165) is 0 Å². The highest BCUT2D eigenvalue weighted by atomic mass is 32.2. The Kier molecular flexibility index (Phi) is 5.51. The van der Waals surface area contributed by atoms with E-state index in [1.54, 1.807) is 19.1 Å². The Morgan fingerprint density at radius 3 is 2.37 bits per heavy atom. The molecule has 0 unspecified atom stereocenters. The van der Waals surface area contributed by atoms with Crippen molar-refractivity contribution in [3.05, 3.63) is 60.4 Å². The van der Waals surface area contributed by atoms with E-state index in [1.807, 2.05) is 44.2 Å². The van der Waals surface area contributed by atoms with Crippen LogP contribution in [0.1, 0.15) is 19.5 Å². The predicted octanol–water partition coefficient (Wildman–Crippen LogP) is 3.89. The summed E-state index contributed by atoms with van der Waals surface area (Å²) in [6, 6.07) is 14.0. The molecule has 0 bridgehead atoms. The first kappa shape index (κ1) is 19.0. The number of aryl methyl sites for hydroxylation is 1. The predicted molar refractivity (Wildman–Crippen MR) is 104 cm³/mol. The molecule has 6 nitrogen and oxygen atoms in total. The van der Waals surface area contributed by atoms with Crippen molar-refractivity contribution in [2.24, 2.45) is 0 Å². The van der Waals surface area contributed by atoms with Crippen molar-refractivity contribution >= 4 is 10.0 Å². The number of ether oxygens (including phenoxy) is 2. The third-order valence-electron chi connectivity index (χ3n) is 3.89. The topological polar surface area (TPSA) is 70.4 Å². The molecule has 1 aromatic heterocycles. The van der Waals surface area contributed by atoms with E-state index in [2.05, 4.69) is 4.98 Å². The first-order valence-electron chi connectivity index (χ1n) is 8.74. The number of aromatic nitrogens is 2. The molecule has 1 heterocycles. The Balaban J connectivity index is 2.19. The van der Waals surface area contributed by atoms with Gasteiger partial charge in [0.1, 0.15) is 16.4 Å². The van der Waals surface area contributed by atoms with Crippen LogP contribution in [0.2, 0.25) is 0 Å². The molecule has 0 radical (unpaired) electrons. The molecule has 3 aromatic rings. The minimum Gasteiger partial charge on any atom is -0.494 e. The van der Waals surface area contributed by atoms with Crippen molar-refractivity contribution in [2.75, 3.05) is 13.2 Å². The van der Waals surface area contributed by atoms with Gasteiger partial charge in [0, 0.05) is 17.8 Å². The second kappa shape index (κ2) is 7.84. The molecule has 3 rings (SSSR count). The molecule has 27 heavy (non-hydrogen) atoms. The Bertz CT molecular complexity index is 1030. The van der Waals surface area contributed by atoms with Gasteiger partial charge < -0.3 is 9.47 Å². The zero-order chi connectivity index (χ0) is 19.4. The maximum absolute atomic E-state index is 13.5. The zero-order valence-electron chi connectivity index (χ0n) is 15.5. The molecule has 0 amide bonds. The fraction of sp³-hybridized carbons (Fsp3) is 0.250. The molecule has 0 aliphatic carbocycles. The second-order valence-electron chi connectivity index (χ2n) is 5.85. The summed E-state index contributed by atoms with van der Waals surface area (Å²) in [6.07, 6.45) is 1.51. The summed E-state index contributed by atoms with van der Waals surface area (Å²) in [7, 11) is -3.94. The van der Waals surface area contributed by atoms with Crippen molar-refractivity contribution in [3.8, 4) is 22.9 Å². The third-order valence-corrected chi connectivity index (χ3v) is 5.56. The zero-order valence-corrected chi connectivity index (χ0v) is 16.4. The number of nitrogens with zero attached hydrogens (tertiary/aromatic N) is 2. The summed E-state index contributed by atoms with van der Waals surface area (Å²) in [6.45, 7) is 6.21. The van der Waals surface area contributed by atoms with Gasteiger partial charge in [-0.05, 0) is 32.9 Å². The summed E-state index contributed by atoms with van der Waals surface area (Å²) in [5.41, 5.74) is 1.32. The lowest BCUT2D eigenvalue weighted by atomic mass is 10.2. The molecule has 0 aliphatic heterocycles. The second-order valence-corrected chi connectivity index (χ2v) is 7.63. The van der Waals surface area contributed by atoms with Gasteiger partial charge in [0.05, 0.1) is 18.9 Å². The van der Waals surface area contributed by atoms with Crippen molar-refractivity contribution in [3.63, 3.8) is 0 Å². The van der Waals surface area contributed by atoms with Crippen LogP contribution in [0.4, 0.5) is 0 Å². The molecule has 0 fully saturated rings. The van der Waals surface area contributed by atoms with Gasteiger partial charge in [-0.1, -0.05) is 30.3 Å². The summed E-state index contributed by atoms with van der Waals surface area (Å²) in [5, 5.41) is 0. The Hall–Kier alpha value is -2.80. The quantitative estimate of drug-likeness (QED) is 0.616. The first-order chi connectivity index (χ1) is 13.0. The summed E-state index contributed by atoms with van der Waals surface area (Å²) >= 11 is 0. The van der Waals surface area contributed by atoms with Gasteiger partial charge >= 0.3 is 0 Å². The molecule has 0 spiro atoms. The first-order valence-corrected chi connectivity index (χ1v) is 10.2. The number of imidazole rings is 1. The van der Waals surface area contributed by atoms with Gasteiger partial charge in [-0.15, -0.1) is 0 Å². The molecule has 7 heteroatoms. The lowest BCUT2D eigenvalue weighted by molar-refractivity contribution is 0.322. The van der Waals surface area contributed by atoms with E-state index in [0.29, 0.717) is 36.0 Å². The van der Waals surface area contributed by atoms with Gasteiger partial charge in [-0.2, -0.15) is 0 Å². The number of benzene rings is 2. The average molecular weight is 386 g/mol. The lowest BCUT2D eigenvalue weighted by Crippen LogP contribution is -2.15. The molecule has 0 saturated carbocycles. The van der Waals surface area contributed by atoms with Gasteiger partial charge in [-0.3, -0.25) is 0 Å². The van der Waals surface area contributed by atoms with E-state index in [-0.39, 0.29) is 10.6 Å². The van der Waals surface area contributed by atoms with Crippen molar-refractivity contribution in [2.45, 2.75) is 25.7 Å². The summed E-state index contributed by atoms with van der Waals surface area (Å²) in [5.74, 6) is 1.11. The molecule has 0 atom stereocenters. The smallest absolute Gasteiger partial charge is 0.273 e. The molecule has 0 N–H and O–H groups in total. The fourth-order valence-electron chi connectivity index (χ4n) is 2.77. The van der Waals surface area contributed by atoms with E-state index in [9.17, 15) is 8.42 Å². The number of rotatable bonds is 7. The third kappa shape index (κ3) is 3.83. The van der Waals surface area contributed by atoms with Crippen LogP contribution < -0.4 is 9.47 Å². The van der Waals surface area contributed by atoms with Crippen LogP contribution >= 0.6 is 0 Å². The lowest BCUT2D eigenvalue weighted by Gasteiger charge is -2.15. The standard InChI is InChI=1S/C20H22N2O4S/c1-4-25-17-11-12-18(26-5-2)19(13-17)27(23,24)22-14-15(3)21-20(22)16-9-7-6-8-10-16/h6-14H,4-5H2,1-3H3. The molecule has 142 valence electrons. The largest absolute Gasteiger partial charge is 0.494 e. The molecular weight excluding hydrogens is 364 g/mol.